The maximum Gasteiger partial charge on any atom is 0.469 e. The summed E-state index contributed by atoms with van der Waals surface area (Å²) in [4.78, 5) is 32.5. The molecule has 1 fully saturated rings. The zero-order valence-corrected chi connectivity index (χ0v) is 17.5. The summed E-state index contributed by atoms with van der Waals surface area (Å²) in [5.41, 5.74) is 1.29. The number of phosphoric acid groups is 1. The van der Waals surface area contributed by atoms with Crippen molar-refractivity contribution in [3.8, 4) is 17.2 Å². The molecule has 3 heterocycles. The van der Waals surface area contributed by atoms with Crippen molar-refractivity contribution in [1.29, 1.82) is 0 Å². The van der Waals surface area contributed by atoms with E-state index in [1.807, 2.05) is 0 Å². The molecule has 16 heteroatoms. The Labute approximate surface area is 184 Å². The van der Waals surface area contributed by atoms with Gasteiger partial charge >= 0.3 is 7.82 Å². The predicted octanol–water partition coefficient (Wildman–Crippen LogP) is -0.689. The maximum atomic E-state index is 10.8. The molecule has 4 atom stereocenters. The van der Waals surface area contributed by atoms with Crippen LogP contribution in [0.2, 0.25) is 0 Å². The van der Waals surface area contributed by atoms with Crippen LogP contribution in [0.1, 0.15) is 5.56 Å². The summed E-state index contributed by atoms with van der Waals surface area (Å²) in [5, 5.41) is 43.8. The molecule has 1 saturated heterocycles. The van der Waals surface area contributed by atoms with Crippen LogP contribution >= 0.6 is 7.82 Å². The first-order chi connectivity index (χ1) is 15.6. The maximum absolute atomic E-state index is 10.8. The summed E-state index contributed by atoms with van der Waals surface area (Å²) in [7, 11) is -4.82. The molecule has 1 aromatic carbocycles. The molecule has 33 heavy (non-hydrogen) atoms. The first kappa shape index (κ1) is 23.1. The number of hydrogen-bond donors (Lipinski definition) is 8. The fraction of sp³-hybridized carbons (Fsp3) is 0.353. The van der Waals surface area contributed by atoms with Gasteiger partial charge in [-0.3, -0.25) is 4.52 Å². The highest BCUT2D eigenvalue weighted by Crippen LogP contribution is 2.41. The fourth-order valence-corrected chi connectivity index (χ4v) is 3.51. The number of rotatable bonds is 8. The van der Waals surface area contributed by atoms with Gasteiger partial charge in [-0.2, -0.15) is 0 Å². The summed E-state index contributed by atoms with van der Waals surface area (Å²) in [6.45, 7) is -0.648. The molecule has 0 aliphatic carbocycles. The lowest BCUT2D eigenvalue weighted by molar-refractivity contribution is -0.116. The average molecular weight is 485 g/mol. The number of nitrogens with zero attached hydrogens (tertiary/aromatic N) is 3. The number of aliphatic hydroxyl groups excluding tert-OH is 2. The second-order valence-corrected chi connectivity index (χ2v) is 8.26. The van der Waals surface area contributed by atoms with Crippen molar-refractivity contribution in [2.45, 2.75) is 31.1 Å². The second-order valence-electron chi connectivity index (χ2n) is 7.03. The van der Waals surface area contributed by atoms with Crippen LogP contribution < -0.4 is 10.1 Å². The van der Waals surface area contributed by atoms with Gasteiger partial charge in [0, 0.05) is 12.1 Å². The van der Waals surface area contributed by atoms with Gasteiger partial charge in [0.25, 0.3) is 0 Å². The number of fused-ring (bicyclic) bond motifs is 1. The van der Waals surface area contributed by atoms with Crippen LogP contribution in [0, 0.1) is 0 Å². The molecule has 15 nitrogen and oxygen atoms in total. The molecule has 0 bridgehead atoms. The van der Waals surface area contributed by atoms with Gasteiger partial charge in [-0.15, -0.1) is 0 Å². The van der Waals surface area contributed by atoms with Gasteiger partial charge in [-0.25, -0.2) is 19.5 Å². The lowest BCUT2D eigenvalue weighted by Gasteiger charge is -2.19. The minimum atomic E-state index is -4.82. The van der Waals surface area contributed by atoms with Crippen LogP contribution in [0.4, 0.5) is 5.82 Å². The summed E-state index contributed by atoms with van der Waals surface area (Å²) in [5.74, 6) is -0.994. The van der Waals surface area contributed by atoms with Gasteiger partial charge < -0.3 is 50.0 Å². The smallest absolute Gasteiger partial charge is 0.469 e. The van der Waals surface area contributed by atoms with E-state index in [2.05, 4.69) is 29.8 Å². The Kier molecular flexibility index (Phi) is 6.36. The third-order valence-electron chi connectivity index (χ3n) is 4.84. The lowest BCUT2D eigenvalue weighted by Crippen LogP contribution is -2.35. The number of benzene rings is 1. The quantitative estimate of drug-likeness (QED) is 0.146. The first-order valence-electron chi connectivity index (χ1n) is 9.44. The Hall–Kier alpha value is -3.04. The van der Waals surface area contributed by atoms with E-state index in [4.69, 9.17) is 19.3 Å². The first-order valence-corrected chi connectivity index (χ1v) is 11.0. The van der Waals surface area contributed by atoms with Gasteiger partial charge in [-0.05, 0) is 12.1 Å². The molecule has 0 radical (unpaired) electrons. The van der Waals surface area contributed by atoms with Crippen molar-refractivity contribution in [2.24, 2.45) is 0 Å². The van der Waals surface area contributed by atoms with Crippen molar-refractivity contribution in [3.63, 3.8) is 0 Å². The number of phosphoric ester groups is 1. The van der Waals surface area contributed by atoms with Gasteiger partial charge in [0.15, 0.2) is 23.0 Å². The van der Waals surface area contributed by atoms with Crippen LogP contribution in [-0.2, 0) is 20.4 Å². The van der Waals surface area contributed by atoms with Gasteiger partial charge in [-0.1, -0.05) is 0 Å². The second kappa shape index (κ2) is 9.07. The van der Waals surface area contributed by atoms with Crippen LogP contribution in [-0.4, -0.2) is 81.4 Å². The molecule has 1 unspecified atom stereocenters. The Morgan fingerprint density at radius 2 is 1.91 bits per heavy atom. The SMILES string of the molecule is O=P(O)(O)OC[C@H]1OC(Oc2ccc(CNc3ncnc4nc[nH]c34)c(O)c2O)[C@H](O)[C@@H]1O. The van der Waals surface area contributed by atoms with E-state index in [1.165, 1.54) is 24.8 Å². The molecule has 1 aliphatic heterocycles. The highest BCUT2D eigenvalue weighted by Gasteiger charge is 2.45. The number of imidazole rings is 1. The van der Waals surface area contributed by atoms with Gasteiger partial charge in [0.2, 0.25) is 12.0 Å². The van der Waals surface area contributed by atoms with Crippen LogP contribution in [0.3, 0.4) is 0 Å². The number of phenols is 2. The number of anilines is 1. The van der Waals surface area contributed by atoms with Crippen LogP contribution in [0.5, 0.6) is 17.2 Å². The van der Waals surface area contributed by atoms with Gasteiger partial charge in [0.05, 0.1) is 12.9 Å². The number of aromatic nitrogens is 4. The minimum Gasteiger partial charge on any atom is -0.504 e. The molecule has 0 amide bonds. The molecule has 178 valence electrons. The van der Waals surface area contributed by atoms with Crippen LogP contribution in [0.25, 0.3) is 11.2 Å². The Morgan fingerprint density at radius 1 is 1.12 bits per heavy atom. The summed E-state index contributed by atoms with van der Waals surface area (Å²) in [6.07, 6.45) is -3.22. The lowest BCUT2D eigenvalue weighted by atomic mass is 10.1. The highest BCUT2D eigenvalue weighted by atomic mass is 31.2. The number of H-pyrrole nitrogens is 1. The molecule has 0 saturated carbocycles. The van der Waals surface area contributed by atoms with Crippen molar-refractivity contribution < 1.29 is 48.8 Å². The molecule has 3 aromatic rings. The Balaban J connectivity index is 1.43. The zero-order chi connectivity index (χ0) is 23.8. The van der Waals surface area contributed by atoms with E-state index in [0.717, 1.165) is 0 Å². The summed E-state index contributed by atoms with van der Waals surface area (Å²) in [6, 6.07) is 2.74. The molecule has 4 rings (SSSR count). The highest BCUT2D eigenvalue weighted by molar-refractivity contribution is 7.46. The summed E-state index contributed by atoms with van der Waals surface area (Å²) < 4.78 is 25.7. The van der Waals surface area contributed by atoms with Crippen molar-refractivity contribution >= 4 is 24.8 Å². The standard InChI is InChI=1S/C17H20N5O10P/c23-11-7(3-18-15-10-16(20-5-19-10)22-6-21-15)1-2-8(12(11)24)31-17-14(26)13(25)9(32-17)4-30-33(27,28)29/h1-2,5-6,9,13-14,17,23-26H,3-4H2,(H2,27,28,29)(H2,18,19,20,21,22)/t9-,13-,14-,17?/m1/s1. The third kappa shape index (κ3) is 4.99. The van der Waals surface area contributed by atoms with Crippen molar-refractivity contribution in [3.05, 3.63) is 30.4 Å². The molecule has 2 aromatic heterocycles. The molecular weight excluding hydrogens is 465 g/mol. The van der Waals surface area contributed by atoms with E-state index in [9.17, 15) is 25.0 Å². The van der Waals surface area contributed by atoms with E-state index in [1.54, 1.807) is 0 Å². The number of nitrogens with one attached hydrogen (secondary N) is 2. The number of aromatic hydroxyl groups is 2. The fourth-order valence-electron chi connectivity index (χ4n) is 3.16. The van der Waals surface area contributed by atoms with E-state index < -0.39 is 50.5 Å². The van der Waals surface area contributed by atoms with E-state index in [-0.39, 0.29) is 17.9 Å². The zero-order valence-electron chi connectivity index (χ0n) is 16.6. The molecule has 8 N–H and O–H groups in total. The van der Waals surface area contributed by atoms with Crippen LogP contribution in [0.15, 0.2) is 24.8 Å². The topological polar surface area (TPSA) is 233 Å². The minimum absolute atomic E-state index is 0.0634. The summed E-state index contributed by atoms with van der Waals surface area (Å²) >= 11 is 0. The number of ether oxygens (including phenoxy) is 2. The number of hydrogen-bond acceptors (Lipinski definition) is 12. The van der Waals surface area contributed by atoms with Crippen molar-refractivity contribution in [1.82, 2.24) is 19.9 Å². The third-order valence-corrected chi connectivity index (χ3v) is 5.32. The Morgan fingerprint density at radius 3 is 2.67 bits per heavy atom. The molecule has 0 spiro atoms. The van der Waals surface area contributed by atoms with Gasteiger partial charge in [0.1, 0.15) is 30.2 Å². The average Bonchev–Trinajstić information content (AvgIpc) is 3.35. The number of aromatic amines is 1. The van der Waals surface area contributed by atoms with E-state index in [0.29, 0.717) is 17.0 Å². The Bertz CT molecular complexity index is 1190. The molecule has 1 aliphatic rings. The monoisotopic (exact) mass is 485 g/mol. The number of aliphatic hydroxyl groups is 2. The number of phenolic OH excluding ortho intramolecular Hbond substituents is 2. The van der Waals surface area contributed by atoms with E-state index >= 15 is 0 Å². The van der Waals surface area contributed by atoms with Crippen molar-refractivity contribution in [2.75, 3.05) is 11.9 Å². The predicted molar refractivity (Wildman–Crippen MR) is 108 cm³/mol. The largest absolute Gasteiger partial charge is 0.504 e. The molecular formula is C17H20N5O10P. The normalized spacial score (nSPS) is 23.2.